The van der Waals surface area contributed by atoms with Crippen LogP contribution >= 0.6 is 0 Å². The predicted molar refractivity (Wildman–Crippen MR) is 60.7 cm³/mol. The Hall–Kier alpha value is -0.660. The zero-order valence-corrected chi connectivity index (χ0v) is 9.71. The highest BCUT2D eigenvalue weighted by atomic mass is 16.1. The molecule has 1 rings (SSSR count). The van der Waals surface area contributed by atoms with Gasteiger partial charge in [0.25, 0.3) is 0 Å². The molecule has 0 spiro atoms. The molecule has 0 amide bonds. The summed E-state index contributed by atoms with van der Waals surface area (Å²) >= 11 is 0. The molecule has 2 atom stereocenters. The van der Waals surface area contributed by atoms with Crippen LogP contribution in [0.15, 0.2) is 0 Å². The number of aldehydes is 1. The number of ketones is 1. The smallest absolute Gasteiger partial charge is 0.133 e. The first-order valence-corrected chi connectivity index (χ1v) is 6.23. The Balaban J connectivity index is 2.25. The summed E-state index contributed by atoms with van der Waals surface area (Å²) in [4.78, 5) is 22.3. The van der Waals surface area contributed by atoms with Crippen molar-refractivity contribution < 1.29 is 9.59 Å². The Kier molecular flexibility index (Phi) is 5.59. The normalized spacial score (nSPS) is 26.2. The van der Waals surface area contributed by atoms with Crippen molar-refractivity contribution in [1.82, 2.24) is 0 Å². The van der Waals surface area contributed by atoms with E-state index in [9.17, 15) is 9.59 Å². The number of Topliss-reactive ketones (excluding diaryl/α,β-unsaturated/α-hetero) is 1. The first-order chi connectivity index (χ1) is 7.26. The van der Waals surface area contributed by atoms with Crippen LogP contribution in [0.4, 0.5) is 0 Å². The highest BCUT2D eigenvalue weighted by molar-refractivity contribution is 5.78. The van der Waals surface area contributed by atoms with Gasteiger partial charge in [-0.1, -0.05) is 19.8 Å². The van der Waals surface area contributed by atoms with Gasteiger partial charge in [-0.2, -0.15) is 0 Å². The summed E-state index contributed by atoms with van der Waals surface area (Å²) in [7, 11) is 0. The summed E-state index contributed by atoms with van der Waals surface area (Å²) in [5, 5.41) is 0. The van der Waals surface area contributed by atoms with Gasteiger partial charge in [0.1, 0.15) is 12.1 Å². The molecule has 0 aliphatic heterocycles. The van der Waals surface area contributed by atoms with Crippen LogP contribution in [0, 0.1) is 11.8 Å². The average Bonchev–Trinajstić information content (AvgIpc) is 2.26. The minimum atomic E-state index is 0.225. The van der Waals surface area contributed by atoms with E-state index in [1.807, 2.05) is 0 Å². The molecule has 1 saturated carbocycles. The van der Waals surface area contributed by atoms with Gasteiger partial charge >= 0.3 is 0 Å². The first-order valence-electron chi connectivity index (χ1n) is 6.23. The van der Waals surface area contributed by atoms with Gasteiger partial charge in [-0.3, -0.25) is 4.79 Å². The molecule has 1 aliphatic carbocycles. The first kappa shape index (κ1) is 12.4. The second-order valence-electron chi connectivity index (χ2n) is 4.78. The van der Waals surface area contributed by atoms with Gasteiger partial charge in [0.15, 0.2) is 0 Å². The van der Waals surface area contributed by atoms with Crippen molar-refractivity contribution in [1.29, 1.82) is 0 Å². The molecular formula is C13H22O2. The van der Waals surface area contributed by atoms with Gasteiger partial charge in [-0.15, -0.1) is 0 Å². The van der Waals surface area contributed by atoms with E-state index in [-0.39, 0.29) is 5.92 Å². The van der Waals surface area contributed by atoms with Crippen molar-refractivity contribution in [2.75, 3.05) is 0 Å². The SMILES string of the molecule is CCCCC(=O)CC1CCC[C@@H](C=O)C1. The Morgan fingerprint density at radius 3 is 2.87 bits per heavy atom. The molecule has 0 aromatic rings. The summed E-state index contributed by atoms with van der Waals surface area (Å²) < 4.78 is 0. The third-order valence-corrected chi connectivity index (χ3v) is 3.34. The summed E-state index contributed by atoms with van der Waals surface area (Å²) in [6.45, 7) is 2.11. The molecule has 2 nitrogen and oxygen atoms in total. The maximum Gasteiger partial charge on any atom is 0.133 e. The fourth-order valence-electron chi connectivity index (χ4n) is 2.44. The quantitative estimate of drug-likeness (QED) is 0.631. The predicted octanol–water partition coefficient (Wildman–Crippen LogP) is 3.14. The molecule has 1 fully saturated rings. The molecule has 1 unspecified atom stereocenters. The Morgan fingerprint density at radius 1 is 1.40 bits per heavy atom. The number of carbonyl (C=O) groups is 2. The number of rotatable bonds is 6. The van der Waals surface area contributed by atoms with E-state index < -0.39 is 0 Å². The lowest BCUT2D eigenvalue weighted by molar-refractivity contribution is -0.121. The summed E-state index contributed by atoms with van der Waals surface area (Å²) in [5.41, 5.74) is 0. The topological polar surface area (TPSA) is 34.1 Å². The van der Waals surface area contributed by atoms with Crippen molar-refractivity contribution in [3.05, 3.63) is 0 Å². The molecule has 0 bridgehead atoms. The van der Waals surface area contributed by atoms with Crippen molar-refractivity contribution >= 4 is 12.1 Å². The van der Waals surface area contributed by atoms with Crippen LogP contribution in [0.1, 0.15) is 58.3 Å². The number of unbranched alkanes of at least 4 members (excludes halogenated alkanes) is 1. The molecule has 0 heterocycles. The van der Waals surface area contributed by atoms with Crippen molar-refractivity contribution in [3.63, 3.8) is 0 Å². The van der Waals surface area contributed by atoms with Crippen molar-refractivity contribution in [3.8, 4) is 0 Å². The highest BCUT2D eigenvalue weighted by Gasteiger charge is 2.23. The van der Waals surface area contributed by atoms with Gasteiger partial charge < -0.3 is 4.79 Å². The highest BCUT2D eigenvalue weighted by Crippen LogP contribution is 2.30. The molecule has 86 valence electrons. The number of hydrogen-bond donors (Lipinski definition) is 0. The minimum Gasteiger partial charge on any atom is -0.303 e. The minimum absolute atomic E-state index is 0.225. The van der Waals surface area contributed by atoms with E-state index in [0.29, 0.717) is 18.1 Å². The lowest BCUT2D eigenvalue weighted by Gasteiger charge is -2.25. The van der Waals surface area contributed by atoms with Crippen LogP contribution in [-0.4, -0.2) is 12.1 Å². The Bertz CT molecular complexity index is 211. The molecule has 0 N–H and O–H groups in total. The monoisotopic (exact) mass is 210 g/mol. The fourth-order valence-corrected chi connectivity index (χ4v) is 2.44. The van der Waals surface area contributed by atoms with E-state index >= 15 is 0 Å². The van der Waals surface area contributed by atoms with E-state index in [1.165, 1.54) is 0 Å². The van der Waals surface area contributed by atoms with E-state index in [0.717, 1.165) is 51.2 Å². The van der Waals surface area contributed by atoms with Crippen LogP contribution in [0.2, 0.25) is 0 Å². The molecule has 1 aliphatic rings. The van der Waals surface area contributed by atoms with Crippen LogP contribution in [0.3, 0.4) is 0 Å². The Morgan fingerprint density at radius 2 is 2.20 bits per heavy atom. The van der Waals surface area contributed by atoms with Crippen LogP contribution in [-0.2, 0) is 9.59 Å². The Labute approximate surface area is 92.4 Å². The largest absolute Gasteiger partial charge is 0.303 e. The van der Waals surface area contributed by atoms with Gasteiger partial charge in [0.2, 0.25) is 0 Å². The van der Waals surface area contributed by atoms with Gasteiger partial charge in [0.05, 0.1) is 0 Å². The van der Waals surface area contributed by atoms with E-state index in [2.05, 4.69) is 6.92 Å². The lowest BCUT2D eigenvalue weighted by atomic mass is 9.79. The number of carbonyl (C=O) groups excluding carboxylic acids is 2. The fraction of sp³-hybridized carbons (Fsp3) is 0.846. The van der Waals surface area contributed by atoms with Crippen molar-refractivity contribution in [2.24, 2.45) is 11.8 Å². The van der Waals surface area contributed by atoms with Crippen LogP contribution in [0.25, 0.3) is 0 Å². The summed E-state index contributed by atoms with van der Waals surface area (Å²) in [5.74, 6) is 1.11. The maximum atomic E-state index is 11.6. The van der Waals surface area contributed by atoms with E-state index in [1.54, 1.807) is 0 Å². The van der Waals surface area contributed by atoms with Gasteiger partial charge in [-0.25, -0.2) is 0 Å². The molecule has 0 aromatic heterocycles. The molecule has 0 saturated heterocycles. The molecule has 2 heteroatoms. The summed E-state index contributed by atoms with van der Waals surface area (Å²) in [6.07, 6.45) is 8.86. The molecular weight excluding hydrogens is 188 g/mol. The average molecular weight is 210 g/mol. The third-order valence-electron chi connectivity index (χ3n) is 3.34. The summed E-state index contributed by atoms with van der Waals surface area (Å²) in [6, 6.07) is 0. The molecule has 0 aromatic carbocycles. The van der Waals surface area contributed by atoms with Crippen LogP contribution < -0.4 is 0 Å². The third kappa shape index (κ3) is 4.59. The molecule has 15 heavy (non-hydrogen) atoms. The zero-order valence-electron chi connectivity index (χ0n) is 9.71. The van der Waals surface area contributed by atoms with Gasteiger partial charge in [0, 0.05) is 18.8 Å². The van der Waals surface area contributed by atoms with E-state index in [4.69, 9.17) is 0 Å². The van der Waals surface area contributed by atoms with Crippen LogP contribution in [0.5, 0.6) is 0 Å². The zero-order chi connectivity index (χ0) is 11.1. The second kappa shape index (κ2) is 6.76. The van der Waals surface area contributed by atoms with Gasteiger partial charge in [-0.05, 0) is 31.6 Å². The number of hydrogen-bond acceptors (Lipinski definition) is 2. The standard InChI is InChI=1S/C13H22O2/c1-2-3-7-13(15)9-11-5-4-6-12(8-11)10-14/h10-12H,2-9H2,1H3/t11?,12-/m1/s1. The second-order valence-corrected chi connectivity index (χ2v) is 4.78. The lowest BCUT2D eigenvalue weighted by Crippen LogP contribution is -2.19. The molecule has 0 radical (unpaired) electrons. The van der Waals surface area contributed by atoms with Crippen molar-refractivity contribution in [2.45, 2.75) is 58.3 Å². The maximum absolute atomic E-state index is 11.6.